The van der Waals surface area contributed by atoms with Crippen LogP contribution in [0.2, 0.25) is 0 Å². The Morgan fingerprint density at radius 2 is 1.86 bits per heavy atom. The maximum Gasteiger partial charge on any atom is 0.125 e. The summed E-state index contributed by atoms with van der Waals surface area (Å²) >= 11 is 0. The van der Waals surface area contributed by atoms with Crippen molar-refractivity contribution in [2.24, 2.45) is 0 Å². The Morgan fingerprint density at radius 1 is 1.14 bits per heavy atom. The Kier molecular flexibility index (Phi) is 8.40. The Bertz CT molecular complexity index is 393. The maximum atomic E-state index is 10.6. The fourth-order valence-electron chi connectivity index (χ4n) is 2.49. The molecular formula is C18H31NO2. The van der Waals surface area contributed by atoms with E-state index in [0.717, 1.165) is 17.9 Å². The van der Waals surface area contributed by atoms with Gasteiger partial charge in [-0.2, -0.15) is 0 Å². The summed E-state index contributed by atoms with van der Waals surface area (Å²) in [5.74, 6) is 0.796. The van der Waals surface area contributed by atoms with Gasteiger partial charge in [0.25, 0.3) is 0 Å². The number of aliphatic hydroxyl groups excluding tert-OH is 1. The van der Waals surface area contributed by atoms with Crippen molar-refractivity contribution in [2.45, 2.75) is 59.1 Å². The average Bonchev–Trinajstić information content (AvgIpc) is 2.47. The van der Waals surface area contributed by atoms with Crippen LogP contribution >= 0.6 is 0 Å². The highest BCUT2D eigenvalue weighted by atomic mass is 16.5. The molecule has 1 unspecified atom stereocenters. The van der Waals surface area contributed by atoms with E-state index in [2.05, 4.69) is 25.7 Å². The molecule has 0 saturated heterocycles. The summed E-state index contributed by atoms with van der Waals surface area (Å²) in [6.45, 7) is 10.9. The van der Waals surface area contributed by atoms with Gasteiger partial charge in [0.1, 0.15) is 5.75 Å². The standard InChI is InChI=1S/C18H31NO2/c1-5-7-10-13-19(15(3)4)14-17(20)16-11-8-9-12-18(16)21-6-2/h8-9,11-12,15,17,20H,5-7,10,13-14H2,1-4H3. The lowest BCUT2D eigenvalue weighted by Crippen LogP contribution is -2.35. The number of nitrogens with zero attached hydrogens (tertiary/aromatic N) is 1. The summed E-state index contributed by atoms with van der Waals surface area (Å²) in [5, 5.41) is 10.6. The van der Waals surface area contributed by atoms with Gasteiger partial charge in [0.15, 0.2) is 0 Å². The largest absolute Gasteiger partial charge is 0.493 e. The molecule has 0 bridgehead atoms. The second kappa shape index (κ2) is 9.80. The Hall–Kier alpha value is -1.06. The van der Waals surface area contributed by atoms with Crippen LogP contribution in [0.25, 0.3) is 0 Å². The van der Waals surface area contributed by atoms with Crippen LogP contribution in [0.1, 0.15) is 58.6 Å². The fraction of sp³-hybridized carbons (Fsp3) is 0.667. The molecule has 1 aromatic carbocycles. The van der Waals surface area contributed by atoms with E-state index in [-0.39, 0.29) is 0 Å². The van der Waals surface area contributed by atoms with Crippen LogP contribution < -0.4 is 4.74 Å². The number of hydrogen-bond acceptors (Lipinski definition) is 3. The first kappa shape index (κ1) is 18.0. The van der Waals surface area contributed by atoms with Gasteiger partial charge in [-0.05, 0) is 39.8 Å². The smallest absolute Gasteiger partial charge is 0.125 e. The zero-order valence-electron chi connectivity index (χ0n) is 14.0. The number of rotatable bonds is 10. The van der Waals surface area contributed by atoms with Gasteiger partial charge >= 0.3 is 0 Å². The zero-order chi connectivity index (χ0) is 15.7. The van der Waals surface area contributed by atoms with E-state index in [1.165, 1.54) is 19.3 Å². The van der Waals surface area contributed by atoms with Crippen LogP contribution in [-0.2, 0) is 0 Å². The van der Waals surface area contributed by atoms with Crippen LogP contribution in [0.3, 0.4) is 0 Å². The van der Waals surface area contributed by atoms with E-state index < -0.39 is 6.10 Å². The molecule has 3 heteroatoms. The minimum Gasteiger partial charge on any atom is -0.493 e. The predicted octanol–water partition coefficient (Wildman–Crippen LogP) is 4.02. The lowest BCUT2D eigenvalue weighted by Gasteiger charge is -2.29. The molecule has 0 amide bonds. The van der Waals surface area contributed by atoms with E-state index in [1.807, 2.05) is 31.2 Å². The molecule has 0 fully saturated rings. The van der Waals surface area contributed by atoms with Gasteiger partial charge in [-0.15, -0.1) is 0 Å². The predicted molar refractivity (Wildman–Crippen MR) is 88.8 cm³/mol. The lowest BCUT2D eigenvalue weighted by atomic mass is 10.1. The summed E-state index contributed by atoms with van der Waals surface area (Å²) < 4.78 is 5.62. The summed E-state index contributed by atoms with van der Waals surface area (Å²) in [6, 6.07) is 8.23. The molecule has 0 saturated carbocycles. The van der Waals surface area contributed by atoms with Gasteiger partial charge in [0, 0.05) is 18.2 Å². The molecular weight excluding hydrogens is 262 g/mol. The van der Waals surface area contributed by atoms with Crippen molar-refractivity contribution in [3.63, 3.8) is 0 Å². The maximum absolute atomic E-state index is 10.6. The van der Waals surface area contributed by atoms with Crippen LogP contribution in [0, 0.1) is 0 Å². The molecule has 0 spiro atoms. The van der Waals surface area contributed by atoms with Crippen LogP contribution in [0.4, 0.5) is 0 Å². The fourth-order valence-corrected chi connectivity index (χ4v) is 2.49. The first-order valence-corrected chi connectivity index (χ1v) is 8.23. The van der Waals surface area contributed by atoms with E-state index in [0.29, 0.717) is 19.2 Å². The van der Waals surface area contributed by atoms with E-state index in [4.69, 9.17) is 4.74 Å². The first-order chi connectivity index (χ1) is 10.1. The number of para-hydroxylation sites is 1. The van der Waals surface area contributed by atoms with Gasteiger partial charge in [-0.1, -0.05) is 38.0 Å². The molecule has 0 heterocycles. The SMILES string of the molecule is CCCCCN(CC(O)c1ccccc1OCC)C(C)C. The highest BCUT2D eigenvalue weighted by molar-refractivity contribution is 5.35. The molecule has 120 valence electrons. The van der Waals surface area contributed by atoms with Gasteiger partial charge in [-0.25, -0.2) is 0 Å². The topological polar surface area (TPSA) is 32.7 Å². The third-order valence-corrected chi connectivity index (χ3v) is 3.76. The van der Waals surface area contributed by atoms with E-state index >= 15 is 0 Å². The van der Waals surface area contributed by atoms with Crippen LogP contribution in [0.5, 0.6) is 5.75 Å². The molecule has 21 heavy (non-hydrogen) atoms. The third-order valence-electron chi connectivity index (χ3n) is 3.76. The molecule has 1 N–H and O–H groups in total. The molecule has 1 rings (SSSR count). The molecule has 1 atom stereocenters. The average molecular weight is 293 g/mol. The molecule has 0 aromatic heterocycles. The second-order valence-corrected chi connectivity index (χ2v) is 5.78. The quantitative estimate of drug-likeness (QED) is 0.661. The summed E-state index contributed by atoms with van der Waals surface area (Å²) in [4.78, 5) is 2.35. The van der Waals surface area contributed by atoms with Gasteiger partial charge < -0.3 is 9.84 Å². The lowest BCUT2D eigenvalue weighted by molar-refractivity contribution is 0.0918. The number of hydrogen-bond donors (Lipinski definition) is 1. The van der Waals surface area contributed by atoms with Gasteiger partial charge in [0.2, 0.25) is 0 Å². The van der Waals surface area contributed by atoms with Crippen molar-refractivity contribution in [1.29, 1.82) is 0 Å². The Labute approximate surface area is 129 Å². The van der Waals surface area contributed by atoms with Crippen molar-refractivity contribution in [3.8, 4) is 5.75 Å². The van der Waals surface area contributed by atoms with Crippen molar-refractivity contribution >= 4 is 0 Å². The Morgan fingerprint density at radius 3 is 2.48 bits per heavy atom. The third kappa shape index (κ3) is 6.06. The number of unbranched alkanes of at least 4 members (excludes halogenated alkanes) is 2. The molecule has 0 radical (unpaired) electrons. The summed E-state index contributed by atoms with van der Waals surface area (Å²) in [5.41, 5.74) is 0.889. The molecule has 0 aliphatic rings. The van der Waals surface area contributed by atoms with Gasteiger partial charge in [-0.3, -0.25) is 4.90 Å². The van der Waals surface area contributed by atoms with Crippen molar-refractivity contribution in [3.05, 3.63) is 29.8 Å². The second-order valence-electron chi connectivity index (χ2n) is 5.78. The van der Waals surface area contributed by atoms with Crippen molar-refractivity contribution in [2.75, 3.05) is 19.7 Å². The first-order valence-electron chi connectivity index (χ1n) is 8.23. The van der Waals surface area contributed by atoms with Crippen molar-refractivity contribution in [1.82, 2.24) is 4.90 Å². The molecule has 1 aromatic rings. The summed E-state index contributed by atoms with van der Waals surface area (Å²) in [6.07, 6.45) is 3.15. The van der Waals surface area contributed by atoms with Crippen LogP contribution in [-0.4, -0.2) is 35.7 Å². The summed E-state index contributed by atoms with van der Waals surface area (Å²) in [7, 11) is 0. The highest BCUT2D eigenvalue weighted by Crippen LogP contribution is 2.26. The van der Waals surface area contributed by atoms with Crippen molar-refractivity contribution < 1.29 is 9.84 Å². The number of aliphatic hydroxyl groups is 1. The zero-order valence-corrected chi connectivity index (χ0v) is 14.0. The van der Waals surface area contributed by atoms with Gasteiger partial charge in [0.05, 0.1) is 12.7 Å². The monoisotopic (exact) mass is 293 g/mol. The number of ether oxygens (including phenoxy) is 1. The highest BCUT2D eigenvalue weighted by Gasteiger charge is 2.18. The molecule has 3 nitrogen and oxygen atoms in total. The number of benzene rings is 1. The Balaban J connectivity index is 2.70. The normalized spacial score (nSPS) is 12.9. The molecule has 0 aliphatic carbocycles. The minimum absolute atomic E-state index is 0.441. The van der Waals surface area contributed by atoms with E-state index in [1.54, 1.807) is 0 Å². The van der Waals surface area contributed by atoms with E-state index in [9.17, 15) is 5.11 Å². The molecule has 0 aliphatic heterocycles. The van der Waals surface area contributed by atoms with Crippen LogP contribution in [0.15, 0.2) is 24.3 Å². The minimum atomic E-state index is -0.503.